The average Bonchev–Trinajstić information content (AvgIpc) is 2.63. The molecule has 0 spiro atoms. The van der Waals surface area contributed by atoms with Crippen molar-refractivity contribution in [3.63, 3.8) is 0 Å². The summed E-state index contributed by atoms with van der Waals surface area (Å²) >= 11 is 0. The van der Waals surface area contributed by atoms with Crippen LogP contribution in [-0.2, 0) is 0 Å². The van der Waals surface area contributed by atoms with Gasteiger partial charge in [0.25, 0.3) is 0 Å². The van der Waals surface area contributed by atoms with Gasteiger partial charge in [0.05, 0.1) is 5.39 Å². The molecule has 0 aliphatic rings. The first kappa shape index (κ1) is 14.5. The van der Waals surface area contributed by atoms with Crippen LogP contribution in [-0.4, -0.2) is 6.54 Å². The quantitative estimate of drug-likeness (QED) is 0.493. The van der Waals surface area contributed by atoms with Crippen molar-refractivity contribution in [2.45, 2.75) is 6.92 Å². The van der Waals surface area contributed by atoms with Crippen molar-refractivity contribution in [3.05, 3.63) is 83.0 Å². The van der Waals surface area contributed by atoms with Gasteiger partial charge in [0.15, 0.2) is 5.43 Å². The largest absolute Gasteiger partial charge is 0.440 e. The second kappa shape index (κ2) is 5.85. The number of rotatable bonds is 3. The molecule has 0 saturated carbocycles. The molecule has 0 aliphatic heterocycles. The monoisotopic (exact) mass is 315 g/mol. The zero-order chi connectivity index (χ0) is 16.5. The Balaban J connectivity index is 1.95. The van der Waals surface area contributed by atoms with Crippen molar-refractivity contribution in [2.75, 3.05) is 11.4 Å². The van der Waals surface area contributed by atoms with Gasteiger partial charge < -0.3 is 9.32 Å². The Labute approximate surface area is 139 Å². The molecular weight excluding hydrogens is 298 g/mol. The van der Waals surface area contributed by atoms with Gasteiger partial charge >= 0.3 is 0 Å². The lowest BCUT2D eigenvalue weighted by Gasteiger charge is -2.21. The summed E-state index contributed by atoms with van der Waals surface area (Å²) in [5.41, 5.74) is 1.60. The van der Waals surface area contributed by atoms with Crippen LogP contribution in [0.25, 0.3) is 21.7 Å². The second-order valence-corrected chi connectivity index (χ2v) is 5.69. The molecule has 1 aromatic heterocycles. The van der Waals surface area contributed by atoms with Gasteiger partial charge in [-0.2, -0.15) is 0 Å². The van der Waals surface area contributed by atoms with E-state index < -0.39 is 0 Å². The van der Waals surface area contributed by atoms with Gasteiger partial charge in [0, 0.05) is 18.3 Å². The van der Waals surface area contributed by atoms with E-state index in [1.54, 1.807) is 6.07 Å². The zero-order valence-corrected chi connectivity index (χ0v) is 13.4. The highest BCUT2D eigenvalue weighted by Gasteiger charge is 2.14. The zero-order valence-electron chi connectivity index (χ0n) is 13.4. The van der Waals surface area contributed by atoms with Gasteiger partial charge in [0.2, 0.25) is 5.88 Å². The summed E-state index contributed by atoms with van der Waals surface area (Å²) < 4.78 is 6.08. The lowest BCUT2D eigenvalue weighted by Crippen LogP contribution is -2.17. The maximum absolute atomic E-state index is 12.8. The highest BCUT2D eigenvalue weighted by molar-refractivity contribution is 6.05. The molecule has 4 aromatic rings. The number of para-hydroxylation sites is 1. The Hall–Kier alpha value is -3.07. The summed E-state index contributed by atoms with van der Waals surface area (Å²) in [6.45, 7) is 2.75. The van der Waals surface area contributed by atoms with Gasteiger partial charge in [-0.25, -0.2) is 0 Å². The van der Waals surface area contributed by atoms with E-state index in [0.29, 0.717) is 23.4 Å². The summed E-state index contributed by atoms with van der Waals surface area (Å²) in [5.74, 6) is 0.566. The Morgan fingerprint density at radius 3 is 2.46 bits per heavy atom. The third kappa shape index (κ3) is 2.35. The van der Waals surface area contributed by atoms with Gasteiger partial charge in [-0.1, -0.05) is 48.5 Å². The van der Waals surface area contributed by atoms with E-state index in [1.807, 2.05) is 78.6 Å². The highest BCUT2D eigenvalue weighted by atomic mass is 16.4. The fourth-order valence-electron chi connectivity index (χ4n) is 3.12. The standard InChI is InChI=1S/C21H17NO2/c1-2-22(16-9-4-3-5-10-16)20-14-18(23)21-17-11-7-6-8-15(17)12-13-19(21)24-20/h3-14H,2H2,1H3. The predicted octanol–water partition coefficient (Wildman–Crippen LogP) is 5.10. The minimum atomic E-state index is -0.0163. The smallest absolute Gasteiger partial charge is 0.204 e. The average molecular weight is 315 g/mol. The molecule has 3 heteroatoms. The maximum Gasteiger partial charge on any atom is 0.204 e. The van der Waals surface area contributed by atoms with E-state index in [-0.39, 0.29) is 5.43 Å². The summed E-state index contributed by atoms with van der Waals surface area (Å²) in [6, 6.07) is 23.3. The van der Waals surface area contributed by atoms with Crippen LogP contribution in [0.15, 0.2) is 82.0 Å². The van der Waals surface area contributed by atoms with Crippen molar-refractivity contribution >= 4 is 33.3 Å². The third-order valence-electron chi connectivity index (χ3n) is 4.26. The molecule has 3 nitrogen and oxygen atoms in total. The van der Waals surface area contributed by atoms with E-state index >= 15 is 0 Å². The molecule has 1 heterocycles. The van der Waals surface area contributed by atoms with Crippen LogP contribution in [0.1, 0.15) is 6.92 Å². The summed E-state index contributed by atoms with van der Waals surface area (Å²) in [5, 5.41) is 2.61. The van der Waals surface area contributed by atoms with Crippen LogP contribution in [0, 0.1) is 0 Å². The van der Waals surface area contributed by atoms with Crippen molar-refractivity contribution in [2.24, 2.45) is 0 Å². The molecule has 0 unspecified atom stereocenters. The first-order valence-corrected chi connectivity index (χ1v) is 8.06. The topological polar surface area (TPSA) is 33.5 Å². The normalized spacial score (nSPS) is 11.0. The van der Waals surface area contributed by atoms with Crippen LogP contribution in [0.5, 0.6) is 0 Å². The maximum atomic E-state index is 12.8. The molecule has 0 radical (unpaired) electrons. The number of hydrogen-bond acceptors (Lipinski definition) is 3. The summed E-state index contributed by atoms with van der Waals surface area (Å²) in [6.07, 6.45) is 0. The molecule has 118 valence electrons. The van der Waals surface area contributed by atoms with Crippen LogP contribution in [0.3, 0.4) is 0 Å². The SMILES string of the molecule is CCN(c1ccccc1)c1cc(=O)c2c(ccc3ccccc32)o1. The predicted molar refractivity (Wildman–Crippen MR) is 99.1 cm³/mol. The highest BCUT2D eigenvalue weighted by Crippen LogP contribution is 2.29. The molecule has 0 amide bonds. The van der Waals surface area contributed by atoms with Crippen LogP contribution >= 0.6 is 0 Å². The Morgan fingerprint density at radius 1 is 0.917 bits per heavy atom. The number of benzene rings is 3. The molecule has 0 atom stereocenters. The minimum Gasteiger partial charge on any atom is -0.440 e. The van der Waals surface area contributed by atoms with E-state index in [1.165, 1.54) is 0 Å². The number of fused-ring (bicyclic) bond motifs is 3. The molecule has 3 aromatic carbocycles. The third-order valence-corrected chi connectivity index (χ3v) is 4.26. The van der Waals surface area contributed by atoms with E-state index in [0.717, 1.165) is 16.5 Å². The Kier molecular flexibility index (Phi) is 3.54. The number of nitrogens with zero attached hydrogens (tertiary/aromatic N) is 1. The van der Waals surface area contributed by atoms with E-state index in [9.17, 15) is 4.79 Å². The van der Waals surface area contributed by atoms with E-state index in [2.05, 4.69) is 0 Å². The van der Waals surface area contributed by atoms with Crippen LogP contribution in [0.2, 0.25) is 0 Å². The number of anilines is 2. The second-order valence-electron chi connectivity index (χ2n) is 5.69. The minimum absolute atomic E-state index is 0.0163. The molecule has 4 rings (SSSR count). The van der Waals surface area contributed by atoms with Gasteiger partial charge in [-0.3, -0.25) is 4.79 Å². The van der Waals surface area contributed by atoms with Crippen LogP contribution in [0.4, 0.5) is 11.6 Å². The molecular formula is C21H17NO2. The molecule has 0 N–H and O–H groups in total. The molecule has 24 heavy (non-hydrogen) atoms. The van der Waals surface area contributed by atoms with Crippen molar-refractivity contribution in [1.29, 1.82) is 0 Å². The first-order chi connectivity index (χ1) is 11.8. The first-order valence-electron chi connectivity index (χ1n) is 8.06. The molecule has 0 saturated heterocycles. The fraction of sp³-hybridized carbons (Fsp3) is 0.0952. The number of hydrogen-bond donors (Lipinski definition) is 0. The molecule has 0 bridgehead atoms. The fourth-order valence-corrected chi connectivity index (χ4v) is 3.12. The van der Waals surface area contributed by atoms with Crippen molar-refractivity contribution in [3.8, 4) is 0 Å². The molecule has 0 fully saturated rings. The lowest BCUT2D eigenvalue weighted by molar-refractivity contribution is 0.596. The summed E-state index contributed by atoms with van der Waals surface area (Å²) in [7, 11) is 0. The van der Waals surface area contributed by atoms with Gasteiger partial charge in [0.1, 0.15) is 5.58 Å². The van der Waals surface area contributed by atoms with Gasteiger partial charge in [-0.05, 0) is 35.9 Å². The van der Waals surface area contributed by atoms with Crippen molar-refractivity contribution in [1.82, 2.24) is 0 Å². The van der Waals surface area contributed by atoms with Crippen molar-refractivity contribution < 1.29 is 4.42 Å². The van der Waals surface area contributed by atoms with E-state index in [4.69, 9.17) is 4.42 Å². The lowest BCUT2D eigenvalue weighted by atomic mass is 10.1. The Bertz CT molecular complexity index is 1070. The summed E-state index contributed by atoms with van der Waals surface area (Å²) in [4.78, 5) is 14.8. The van der Waals surface area contributed by atoms with Crippen LogP contribution < -0.4 is 10.3 Å². The molecule has 0 aliphatic carbocycles. The van der Waals surface area contributed by atoms with Gasteiger partial charge in [-0.15, -0.1) is 0 Å². The Morgan fingerprint density at radius 2 is 1.67 bits per heavy atom.